The number of carbonyl (C=O) groups is 1. The fourth-order valence-electron chi connectivity index (χ4n) is 2.55. The van der Waals surface area contributed by atoms with E-state index in [1.165, 1.54) is 0 Å². The van der Waals surface area contributed by atoms with Gasteiger partial charge in [0.15, 0.2) is 0 Å². The van der Waals surface area contributed by atoms with Gasteiger partial charge in [-0.1, -0.05) is 55.2 Å². The van der Waals surface area contributed by atoms with E-state index in [-0.39, 0.29) is 6.61 Å². The molecule has 26 heavy (non-hydrogen) atoms. The summed E-state index contributed by atoms with van der Waals surface area (Å²) >= 11 is 12.3. The molecule has 1 atom stereocenters. The van der Waals surface area contributed by atoms with Gasteiger partial charge < -0.3 is 15.2 Å². The summed E-state index contributed by atoms with van der Waals surface area (Å²) in [5.74, 6) is 0.147. The molecule has 0 amide bonds. The van der Waals surface area contributed by atoms with Gasteiger partial charge in [-0.3, -0.25) is 4.79 Å². The van der Waals surface area contributed by atoms with Crippen LogP contribution in [0.5, 0.6) is 5.75 Å². The highest BCUT2D eigenvalue weighted by molar-refractivity contribution is 6.35. The summed E-state index contributed by atoms with van der Waals surface area (Å²) in [5.41, 5.74) is 1.69. The number of hydrogen-bond acceptors (Lipinski definition) is 3. The second-order valence-electron chi connectivity index (χ2n) is 6.54. The van der Waals surface area contributed by atoms with E-state index in [0.717, 1.165) is 11.1 Å². The number of nitrogens with one attached hydrogen (secondary N) is 1. The highest BCUT2D eigenvalue weighted by Crippen LogP contribution is 2.26. The smallest absolute Gasteiger partial charge is 0.320 e. The first-order valence-corrected chi connectivity index (χ1v) is 9.23. The van der Waals surface area contributed by atoms with E-state index in [1.807, 2.05) is 38.1 Å². The minimum absolute atomic E-state index is 0.264. The molecule has 0 aliphatic rings. The van der Waals surface area contributed by atoms with E-state index in [0.29, 0.717) is 34.7 Å². The molecule has 2 aromatic carbocycles. The molecule has 0 spiro atoms. The summed E-state index contributed by atoms with van der Waals surface area (Å²) in [6, 6.07) is 12.3. The molecule has 0 bridgehead atoms. The molecule has 0 heterocycles. The molecule has 0 saturated heterocycles. The van der Waals surface area contributed by atoms with Crippen molar-refractivity contribution in [3.8, 4) is 5.75 Å². The van der Waals surface area contributed by atoms with Crippen molar-refractivity contribution in [3.63, 3.8) is 0 Å². The fraction of sp³-hybridized carbons (Fsp3) is 0.350. The standard InChI is InChI=1S/C20H23Cl2NO3/c1-13(2)9-19(20(24)25)23-11-14-5-3-6-15(10-14)26-12-16-17(21)7-4-8-18(16)22/h3-8,10,13,19,23H,9,11-12H2,1-2H3,(H,24,25). The molecule has 2 N–H and O–H groups in total. The van der Waals surface area contributed by atoms with Crippen molar-refractivity contribution in [3.05, 3.63) is 63.6 Å². The zero-order valence-corrected chi connectivity index (χ0v) is 16.3. The van der Waals surface area contributed by atoms with Crippen LogP contribution >= 0.6 is 23.2 Å². The molecule has 1 unspecified atom stereocenters. The maximum atomic E-state index is 11.3. The lowest BCUT2D eigenvalue weighted by Gasteiger charge is -2.17. The third-order valence-corrected chi connectivity index (χ3v) is 4.61. The van der Waals surface area contributed by atoms with Gasteiger partial charge in [0.1, 0.15) is 18.4 Å². The van der Waals surface area contributed by atoms with Crippen LogP contribution in [0.1, 0.15) is 31.4 Å². The molecule has 2 rings (SSSR count). The van der Waals surface area contributed by atoms with Gasteiger partial charge in [-0.05, 0) is 42.2 Å². The molecule has 4 nitrogen and oxygen atoms in total. The number of aliphatic carboxylic acids is 1. The normalized spacial score (nSPS) is 12.2. The molecular formula is C20H23Cl2NO3. The first-order chi connectivity index (χ1) is 12.4. The van der Waals surface area contributed by atoms with E-state index >= 15 is 0 Å². The van der Waals surface area contributed by atoms with Crippen molar-refractivity contribution in [1.29, 1.82) is 0 Å². The lowest BCUT2D eigenvalue weighted by atomic mass is 10.0. The zero-order chi connectivity index (χ0) is 19.1. The van der Waals surface area contributed by atoms with Crippen LogP contribution in [0.15, 0.2) is 42.5 Å². The fourth-order valence-corrected chi connectivity index (χ4v) is 3.06. The molecule has 0 saturated carbocycles. The molecule has 0 aliphatic carbocycles. The Labute approximate surface area is 164 Å². The summed E-state index contributed by atoms with van der Waals surface area (Å²) in [5, 5.41) is 13.5. The van der Waals surface area contributed by atoms with Gasteiger partial charge in [0.25, 0.3) is 0 Å². The van der Waals surface area contributed by atoms with Gasteiger partial charge in [-0.2, -0.15) is 0 Å². The Kier molecular flexibility index (Phi) is 7.76. The summed E-state index contributed by atoms with van der Waals surface area (Å²) in [4.78, 5) is 11.3. The van der Waals surface area contributed by atoms with Gasteiger partial charge in [0, 0.05) is 22.2 Å². The van der Waals surface area contributed by atoms with Crippen LogP contribution in [-0.2, 0) is 17.9 Å². The third-order valence-electron chi connectivity index (χ3n) is 3.90. The summed E-state index contributed by atoms with van der Waals surface area (Å²) < 4.78 is 5.80. The molecule has 2 aromatic rings. The largest absolute Gasteiger partial charge is 0.489 e. The topological polar surface area (TPSA) is 58.6 Å². The van der Waals surface area contributed by atoms with Crippen molar-refractivity contribution >= 4 is 29.2 Å². The molecule has 6 heteroatoms. The second-order valence-corrected chi connectivity index (χ2v) is 7.35. The Morgan fingerprint density at radius 1 is 1.15 bits per heavy atom. The predicted octanol–water partition coefficient (Wildman–Crippen LogP) is 5.16. The monoisotopic (exact) mass is 395 g/mol. The number of ether oxygens (including phenoxy) is 1. The average Bonchev–Trinajstić information content (AvgIpc) is 2.58. The summed E-state index contributed by atoms with van der Waals surface area (Å²) in [7, 11) is 0. The van der Waals surface area contributed by atoms with Gasteiger partial charge >= 0.3 is 5.97 Å². The van der Waals surface area contributed by atoms with E-state index in [1.54, 1.807) is 18.2 Å². The quantitative estimate of drug-likeness (QED) is 0.615. The van der Waals surface area contributed by atoms with Crippen molar-refractivity contribution < 1.29 is 14.6 Å². The number of halogens is 2. The Morgan fingerprint density at radius 2 is 1.81 bits per heavy atom. The third kappa shape index (κ3) is 6.20. The van der Waals surface area contributed by atoms with E-state index in [9.17, 15) is 9.90 Å². The highest BCUT2D eigenvalue weighted by atomic mass is 35.5. The van der Waals surface area contributed by atoms with E-state index < -0.39 is 12.0 Å². The predicted molar refractivity (Wildman–Crippen MR) is 105 cm³/mol. The van der Waals surface area contributed by atoms with Crippen molar-refractivity contribution in [2.24, 2.45) is 5.92 Å². The maximum Gasteiger partial charge on any atom is 0.320 e. The highest BCUT2D eigenvalue weighted by Gasteiger charge is 2.18. The van der Waals surface area contributed by atoms with Gasteiger partial charge in [-0.15, -0.1) is 0 Å². The van der Waals surface area contributed by atoms with E-state index in [4.69, 9.17) is 27.9 Å². The zero-order valence-electron chi connectivity index (χ0n) is 14.8. The van der Waals surface area contributed by atoms with Crippen LogP contribution in [0.3, 0.4) is 0 Å². The van der Waals surface area contributed by atoms with Crippen LogP contribution in [0.4, 0.5) is 0 Å². The Bertz CT molecular complexity index is 729. The Hall–Kier alpha value is -1.75. The number of benzene rings is 2. The van der Waals surface area contributed by atoms with Crippen molar-refractivity contribution in [2.75, 3.05) is 0 Å². The number of carboxylic acids is 1. The number of rotatable bonds is 9. The Balaban J connectivity index is 1.98. The van der Waals surface area contributed by atoms with Gasteiger partial charge in [-0.25, -0.2) is 0 Å². The Morgan fingerprint density at radius 3 is 2.42 bits per heavy atom. The van der Waals surface area contributed by atoms with Crippen LogP contribution in [-0.4, -0.2) is 17.1 Å². The molecule has 140 valence electrons. The SMILES string of the molecule is CC(C)CC(NCc1cccc(OCc2c(Cl)cccc2Cl)c1)C(=O)O. The summed E-state index contributed by atoms with van der Waals surface area (Å²) in [6.07, 6.45) is 0.580. The minimum atomic E-state index is -0.834. The number of hydrogen-bond donors (Lipinski definition) is 2. The minimum Gasteiger partial charge on any atom is -0.489 e. The molecule has 0 fully saturated rings. The van der Waals surface area contributed by atoms with Gasteiger partial charge in [0.2, 0.25) is 0 Å². The first kappa shape index (κ1) is 20.6. The second kappa shape index (κ2) is 9.81. The van der Waals surface area contributed by atoms with Crippen LogP contribution in [0.25, 0.3) is 0 Å². The first-order valence-electron chi connectivity index (χ1n) is 8.47. The van der Waals surface area contributed by atoms with Crippen molar-refractivity contribution in [2.45, 2.75) is 39.5 Å². The molecular weight excluding hydrogens is 373 g/mol. The van der Waals surface area contributed by atoms with Crippen molar-refractivity contribution in [1.82, 2.24) is 5.32 Å². The molecule has 0 aromatic heterocycles. The lowest BCUT2D eigenvalue weighted by molar-refractivity contribution is -0.140. The number of carboxylic acid groups (broad SMARTS) is 1. The lowest BCUT2D eigenvalue weighted by Crippen LogP contribution is -2.37. The molecule has 0 aliphatic heterocycles. The van der Waals surface area contributed by atoms with Crippen LogP contribution < -0.4 is 10.1 Å². The van der Waals surface area contributed by atoms with Gasteiger partial charge in [0.05, 0.1) is 0 Å². The van der Waals surface area contributed by atoms with E-state index in [2.05, 4.69) is 5.32 Å². The summed E-state index contributed by atoms with van der Waals surface area (Å²) in [6.45, 7) is 4.73. The van der Waals surface area contributed by atoms with Crippen LogP contribution in [0.2, 0.25) is 10.0 Å². The molecule has 0 radical (unpaired) electrons. The van der Waals surface area contributed by atoms with Crippen LogP contribution in [0, 0.1) is 5.92 Å². The average molecular weight is 396 g/mol. The maximum absolute atomic E-state index is 11.3.